The van der Waals surface area contributed by atoms with Crippen LogP contribution in [-0.2, 0) is 9.47 Å². The molecule has 0 unspecified atom stereocenters. The molecule has 37 heavy (non-hydrogen) atoms. The lowest BCUT2D eigenvalue weighted by Crippen LogP contribution is -2.45. The molecule has 1 aliphatic heterocycles. The maximum absolute atomic E-state index is 15.3. The average Bonchev–Trinajstić information content (AvgIpc) is 3.22. The Morgan fingerprint density at radius 3 is 2.54 bits per heavy atom. The van der Waals surface area contributed by atoms with E-state index in [0.29, 0.717) is 44.8 Å². The highest BCUT2D eigenvalue weighted by atomic mass is 19.1. The molecule has 0 radical (unpaired) electrons. The monoisotopic (exact) mass is 515 g/mol. The number of unbranched alkanes of at least 4 members (excludes halogenated alkanes) is 1. The fourth-order valence-corrected chi connectivity index (χ4v) is 5.06. The number of nitrogens with zero attached hydrogens (tertiary/aromatic N) is 2. The highest BCUT2D eigenvalue weighted by Gasteiger charge is 2.34. The minimum absolute atomic E-state index is 0.0485. The maximum Gasteiger partial charge on any atom is 0.320 e. The summed E-state index contributed by atoms with van der Waals surface area (Å²) in [6, 6.07) is 12.6. The zero-order valence-electron chi connectivity index (χ0n) is 22.4. The van der Waals surface area contributed by atoms with Crippen LogP contribution in [0.1, 0.15) is 42.7 Å². The first-order chi connectivity index (χ1) is 17.8. The van der Waals surface area contributed by atoms with Crippen molar-refractivity contribution in [2.45, 2.75) is 50.7 Å². The van der Waals surface area contributed by atoms with E-state index in [9.17, 15) is 9.90 Å². The number of nitrogens with two attached hydrogens (primary N) is 1. The van der Waals surface area contributed by atoms with Crippen molar-refractivity contribution in [2.24, 2.45) is 5.73 Å². The molecule has 2 amide bonds. The number of carbonyl (C=O) groups is 1. The van der Waals surface area contributed by atoms with E-state index in [0.717, 1.165) is 36.0 Å². The molecule has 0 aliphatic carbocycles. The van der Waals surface area contributed by atoms with Crippen molar-refractivity contribution in [2.75, 3.05) is 53.6 Å². The van der Waals surface area contributed by atoms with E-state index in [1.165, 1.54) is 6.07 Å². The number of benzene rings is 2. The van der Waals surface area contributed by atoms with E-state index in [-0.39, 0.29) is 24.3 Å². The number of amides is 2. The molecule has 1 heterocycles. The number of hydrogen-bond acceptors (Lipinski definition) is 5. The van der Waals surface area contributed by atoms with E-state index in [2.05, 4.69) is 0 Å². The summed E-state index contributed by atoms with van der Waals surface area (Å²) in [4.78, 5) is 16.7. The molecule has 0 spiro atoms. The van der Waals surface area contributed by atoms with Crippen LogP contribution < -0.4 is 5.73 Å². The number of methoxy groups -OCH3 is 2. The van der Waals surface area contributed by atoms with Crippen LogP contribution >= 0.6 is 0 Å². The molecule has 8 heteroatoms. The lowest BCUT2D eigenvalue weighted by atomic mass is 9.84. The van der Waals surface area contributed by atoms with Crippen LogP contribution in [0, 0.1) is 12.7 Å². The van der Waals surface area contributed by atoms with Gasteiger partial charge in [0.1, 0.15) is 5.82 Å². The molecule has 0 bridgehead atoms. The summed E-state index contributed by atoms with van der Waals surface area (Å²) in [5.74, 6) is -0.190. The predicted octanol–water partition coefficient (Wildman–Crippen LogP) is 4.16. The molecule has 1 aliphatic rings. The zero-order chi connectivity index (χ0) is 26.8. The number of carbonyl (C=O) groups excluding carboxylic acids is 1. The van der Waals surface area contributed by atoms with Crippen LogP contribution in [0.5, 0.6) is 0 Å². The summed E-state index contributed by atoms with van der Waals surface area (Å²) >= 11 is 0. The average molecular weight is 516 g/mol. The molecule has 3 rings (SSSR count). The van der Waals surface area contributed by atoms with E-state index in [4.69, 9.17) is 15.2 Å². The quantitative estimate of drug-likeness (QED) is 0.391. The van der Waals surface area contributed by atoms with Crippen LogP contribution in [0.4, 0.5) is 9.18 Å². The van der Waals surface area contributed by atoms with Gasteiger partial charge in [-0.1, -0.05) is 48.4 Å². The van der Waals surface area contributed by atoms with E-state index in [1.807, 2.05) is 37.3 Å². The third kappa shape index (κ3) is 7.98. The number of ether oxygens (including phenoxy) is 2. The van der Waals surface area contributed by atoms with Gasteiger partial charge < -0.3 is 30.1 Å². The summed E-state index contributed by atoms with van der Waals surface area (Å²) in [7, 11) is 3.30. The Bertz CT molecular complexity index is 995. The van der Waals surface area contributed by atoms with Crippen molar-refractivity contribution in [3.05, 3.63) is 59.4 Å². The van der Waals surface area contributed by atoms with E-state index in [1.54, 1.807) is 30.1 Å². The number of aliphatic hydroxyl groups is 1. The summed E-state index contributed by atoms with van der Waals surface area (Å²) in [6.07, 6.45) is 2.66. The Balaban J connectivity index is 1.86. The van der Waals surface area contributed by atoms with Crippen molar-refractivity contribution in [3.8, 4) is 11.1 Å². The Kier molecular flexibility index (Phi) is 11.3. The number of aliphatic hydroxyl groups excluding tert-OH is 1. The fourth-order valence-electron chi connectivity index (χ4n) is 5.06. The van der Waals surface area contributed by atoms with Gasteiger partial charge >= 0.3 is 6.03 Å². The lowest BCUT2D eigenvalue weighted by Gasteiger charge is -2.30. The minimum Gasteiger partial charge on any atom is -0.390 e. The second kappa shape index (κ2) is 14.4. The molecular weight excluding hydrogens is 473 g/mol. The van der Waals surface area contributed by atoms with Gasteiger partial charge in [0.05, 0.1) is 12.7 Å². The highest BCUT2D eigenvalue weighted by Crippen LogP contribution is 2.36. The molecule has 0 saturated carbocycles. The first-order valence-electron chi connectivity index (χ1n) is 13.2. The van der Waals surface area contributed by atoms with E-state index >= 15 is 4.39 Å². The summed E-state index contributed by atoms with van der Waals surface area (Å²) in [5.41, 5.74) is 9.48. The van der Waals surface area contributed by atoms with Crippen LogP contribution in [0.15, 0.2) is 42.5 Å². The molecule has 1 fully saturated rings. The number of β-amino-alcohol motifs (C(OH)–C–C–N with tert-alkyl or cyclic N) is 1. The SMILES string of the molecule is COCCCC[C@@H](CCN(CCOC)C(=O)N1C[C@@H](N)[C@@H](O)C1)c1cccc(F)c1-c1cccc(C)c1. The van der Waals surface area contributed by atoms with Gasteiger partial charge in [0.2, 0.25) is 0 Å². The predicted molar refractivity (Wildman–Crippen MR) is 144 cm³/mol. The first-order valence-corrected chi connectivity index (χ1v) is 13.2. The third-order valence-electron chi connectivity index (χ3n) is 7.13. The summed E-state index contributed by atoms with van der Waals surface area (Å²) in [5, 5.41) is 10.1. The molecule has 2 aromatic carbocycles. The molecule has 204 valence electrons. The van der Waals surface area contributed by atoms with Crippen LogP contribution in [0.3, 0.4) is 0 Å². The van der Waals surface area contributed by atoms with Gasteiger partial charge in [0.25, 0.3) is 0 Å². The third-order valence-corrected chi connectivity index (χ3v) is 7.13. The largest absolute Gasteiger partial charge is 0.390 e. The number of likely N-dealkylation sites (tertiary alicyclic amines) is 1. The second-order valence-electron chi connectivity index (χ2n) is 9.95. The number of halogens is 1. The van der Waals surface area contributed by atoms with Crippen molar-refractivity contribution < 1.29 is 23.8 Å². The summed E-state index contributed by atoms with van der Waals surface area (Å²) < 4.78 is 25.8. The van der Waals surface area contributed by atoms with Crippen molar-refractivity contribution in [1.29, 1.82) is 0 Å². The molecular formula is C29H42FN3O4. The van der Waals surface area contributed by atoms with Gasteiger partial charge in [-0.05, 0) is 49.3 Å². The minimum atomic E-state index is -0.717. The molecule has 3 N–H and O–H groups in total. The number of urea groups is 1. The fraction of sp³-hybridized carbons (Fsp3) is 0.552. The van der Waals surface area contributed by atoms with Gasteiger partial charge in [-0.3, -0.25) is 0 Å². The number of hydrogen-bond donors (Lipinski definition) is 2. The highest BCUT2D eigenvalue weighted by molar-refractivity contribution is 5.75. The Labute approximate surface area is 220 Å². The Morgan fingerprint density at radius 1 is 1.11 bits per heavy atom. The number of aryl methyl sites for hydroxylation is 1. The van der Waals surface area contributed by atoms with Gasteiger partial charge in [-0.25, -0.2) is 9.18 Å². The second-order valence-corrected chi connectivity index (χ2v) is 9.95. The molecule has 7 nitrogen and oxygen atoms in total. The van der Waals surface area contributed by atoms with Gasteiger partial charge in [0, 0.05) is 58.6 Å². The smallest absolute Gasteiger partial charge is 0.320 e. The van der Waals surface area contributed by atoms with Gasteiger partial charge in [0.15, 0.2) is 0 Å². The van der Waals surface area contributed by atoms with Crippen LogP contribution in [0.25, 0.3) is 11.1 Å². The van der Waals surface area contributed by atoms with E-state index < -0.39 is 12.1 Å². The summed E-state index contributed by atoms with van der Waals surface area (Å²) in [6.45, 7) is 4.56. The number of rotatable bonds is 13. The molecule has 0 aromatic heterocycles. The lowest BCUT2D eigenvalue weighted by molar-refractivity contribution is 0.122. The Hall–Kier alpha value is -2.52. The maximum atomic E-state index is 15.3. The standard InChI is InChI=1S/C29H42FN3O4/c1-21-8-6-10-23(18-21)28-24(11-7-12-25(28)30)22(9-4-5-16-36-2)13-14-32(15-17-37-3)29(35)33-19-26(31)27(34)20-33/h6-8,10-12,18,22,26-27,34H,4-5,9,13-17,19-20,31H2,1-3H3/t22-,26+,27-/m0/s1. The molecule has 3 atom stereocenters. The zero-order valence-corrected chi connectivity index (χ0v) is 22.4. The molecule has 1 saturated heterocycles. The molecule has 2 aromatic rings. The van der Waals surface area contributed by atoms with Crippen molar-refractivity contribution in [3.63, 3.8) is 0 Å². The van der Waals surface area contributed by atoms with Gasteiger partial charge in [-0.2, -0.15) is 0 Å². The van der Waals surface area contributed by atoms with Crippen molar-refractivity contribution in [1.82, 2.24) is 9.80 Å². The Morgan fingerprint density at radius 2 is 1.86 bits per heavy atom. The topological polar surface area (TPSA) is 88.3 Å². The van der Waals surface area contributed by atoms with Crippen molar-refractivity contribution >= 4 is 6.03 Å². The first kappa shape index (κ1) is 29.0. The van der Waals surface area contributed by atoms with Crippen LogP contribution in [0.2, 0.25) is 0 Å². The van der Waals surface area contributed by atoms with Crippen LogP contribution in [-0.4, -0.2) is 86.7 Å². The normalized spacial score (nSPS) is 18.3. The van der Waals surface area contributed by atoms with Gasteiger partial charge in [-0.15, -0.1) is 0 Å².